The van der Waals surface area contributed by atoms with Gasteiger partial charge in [-0.25, -0.2) is 0 Å². The summed E-state index contributed by atoms with van der Waals surface area (Å²) in [5, 5.41) is 74.3. The molecule has 0 fully saturated rings. The van der Waals surface area contributed by atoms with E-state index in [2.05, 4.69) is 33.6 Å². The summed E-state index contributed by atoms with van der Waals surface area (Å²) in [5.74, 6) is 1.37. The molecule has 0 saturated carbocycles. The van der Waals surface area contributed by atoms with Gasteiger partial charge in [-0.05, 0) is 48.5 Å². The van der Waals surface area contributed by atoms with E-state index in [0.717, 1.165) is 19.6 Å². The first-order chi connectivity index (χ1) is 29.2. The van der Waals surface area contributed by atoms with Crippen molar-refractivity contribution >= 4 is 47.8 Å². The van der Waals surface area contributed by atoms with E-state index in [1.807, 2.05) is 0 Å². The zero-order valence-corrected chi connectivity index (χ0v) is 32.6. The van der Waals surface area contributed by atoms with E-state index < -0.39 is 100 Å². The van der Waals surface area contributed by atoms with E-state index in [0.29, 0.717) is 22.3 Å². The second-order valence-corrected chi connectivity index (χ2v) is 13.5. The molecular formula is C40H40N6O16. The number of benzene rings is 1. The first-order valence-electron chi connectivity index (χ1n) is 18.0. The van der Waals surface area contributed by atoms with Crippen molar-refractivity contribution in [2.24, 2.45) is 0 Å². The van der Waals surface area contributed by atoms with Gasteiger partial charge in [-0.1, -0.05) is 23.7 Å². The Hall–Kier alpha value is -7.76. The lowest BCUT2D eigenvalue weighted by atomic mass is 10.1. The highest BCUT2D eigenvalue weighted by Crippen LogP contribution is 2.14. The Labute approximate surface area is 351 Å². The molecule has 0 amide bonds. The smallest absolute Gasteiger partial charge is 0.317 e. The van der Waals surface area contributed by atoms with Gasteiger partial charge in [-0.3, -0.25) is 67.9 Å². The molecule has 0 bridgehead atoms. The Kier molecular flexibility index (Phi) is 18.6. The molecule has 3 rings (SSSR count). The summed E-state index contributed by atoms with van der Waals surface area (Å²) in [7, 11) is 0. The Morgan fingerprint density at radius 1 is 0.339 bits per heavy atom. The van der Waals surface area contributed by atoms with Crippen molar-refractivity contribution in [2.75, 3.05) is 52.4 Å². The third-order valence-corrected chi connectivity index (χ3v) is 7.86. The lowest BCUT2D eigenvalue weighted by molar-refractivity contribution is -0.144. The number of carboxylic acid groups (broad SMARTS) is 8. The molecule has 62 heavy (non-hydrogen) atoms. The largest absolute Gasteiger partial charge is 0.480 e. The predicted molar refractivity (Wildman–Crippen MR) is 209 cm³/mol. The van der Waals surface area contributed by atoms with Crippen LogP contribution in [0.1, 0.15) is 45.0 Å². The molecule has 326 valence electrons. The van der Waals surface area contributed by atoms with Crippen LogP contribution in [-0.2, 0) is 64.5 Å². The minimum Gasteiger partial charge on any atom is -0.480 e. The number of carboxylic acids is 8. The molecule has 0 saturated heterocycles. The molecular weight excluding hydrogens is 820 g/mol. The summed E-state index contributed by atoms with van der Waals surface area (Å²) in [4.78, 5) is 104. The Morgan fingerprint density at radius 3 is 0.694 bits per heavy atom. The highest BCUT2D eigenvalue weighted by atomic mass is 16.4. The van der Waals surface area contributed by atoms with E-state index in [1.165, 1.54) is 24.3 Å². The van der Waals surface area contributed by atoms with Crippen LogP contribution in [0, 0.1) is 23.7 Å². The maximum Gasteiger partial charge on any atom is 0.317 e. The lowest BCUT2D eigenvalue weighted by Gasteiger charge is -2.20. The number of hydrogen-bond donors (Lipinski definition) is 8. The number of carbonyl (C=O) groups is 8. The molecule has 22 heteroatoms. The van der Waals surface area contributed by atoms with Crippen molar-refractivity contribution in [2.45, 2.75) is 26.2 Å². The van der Waals surface area contributed by atoms with Crippen LogP contribution in [0.2, 0.25) is 0 Å². The summed E-state index contributed by atoms with van der Waals surface area (Å²) in [6, 6.07) is 12.4. The van der Waals surface area contributed by atoms with Gasteiger partial charge in [0.25, 0.3) is 0 Å². The number of aliphatic carboxylic acids is 8. The maximum absolute atomic E-state index is 11.4. The fourth-order valence-corrected chi connectivity index (χ4v) is 5.81. The van der Waals surface area contributed by atoms with Crippen LogP contribution >= 0.6 is 0 Å². The SMILES string of the molecule is O=C(O)CN(CC(=O)O)Cc1cc(C#Cc2ccc(C#Cc3cc(CN(CC(=O)O)CC(=O)O)nc(CN(CC(=O)O)CC(=O)O)c3)cc2)cc(CN(CC(=O)O)CC(=O)O)n1. The summed E-state index contributed by atoms with van der Waals surface area (Å²) >= 11 is 0. The number of aromatic nitrogens is 2. The van der Waals surface area contributed by atoms with E-state index in [1.54, 1.807) is 24.3 Å². The minimum absolute atomic E-state index is 0.181. The van der Waals surface area contributed by atoms with E-state index in [4.69, 9.17) is 0 Å². The molecule has 0 aliphatic carbocycles. The topological polar surface area (TPSA) is 337 Å². The standard InChI is InChI=1S/C40H40N6O16/c47-33(48)17-43(18-34(49)50)13-29-9-27(10-30(41-29)14-44(19-35(51)52)20-36(53)54)7-5-25-1-2-26(4-3-25)6-8-28-11-31(15-45(21-37(55)56)22-38(57)58)42-32(12-28)16-46(23-39(59)60)24-40(61)62/h1-4,9-12H,13-24H2,(H,47,48)(H,49,50)(H,51,52)(H,53,54)(H,55,56)(H,57,58)(H,59,60)(H,61,62). The highest BCUT2D eigenvalue weighted by molar-refractivity contribution is 5.74. The first-order valence-corrected chi connectivity index (χ1v) is 18.0. The van der Waals surface area contributed by atoms with Crippen LogP contribution < -0.4 is 0 Å². The third kappa shape index (κ3) is 19.3. The highest BCUT2D eigenvalue weighted by Gasteiger charge is 2.20. The molecule has 22 nitrogen and oxygen atoms in total. The third-order valence-electron chi connectivity index (χ3n) is 7.86. The number of nitrogens with zero attached hydrogens (tertiary/aromatic N) is 6. The second kappa shape index (κ2) is 23.7. The van der Waals surface area contributed by atoms with Crippen LogP contribution in [-0.4, -0.2) is 171 Å². The molecule has 0 aliphatic rings. The van der Waals surface area contributed by atoms with E-state index >= 15 is 0 Å². The number of rotatable bonds is 24. The Balaban J connectivity index is 1.99. The van der Waals surface area contributed by atoms with Crippen molar-refractivity contribution in [3.63, 3.8) is 0 Å². The van der Waals surface area contributed by atoms with E-state index in [-0.39, 0.29) is 49.0 Å². The number of pyridine rings is 2. The van der Waals surface area contributed by atoms with Gasteiger partial charge in [0.15, 0.2) is 0 Å². The van der Waals surface area contributed by atoms with Crippen molar-refractivity contribution < 1.29 is 79.2 Å². The summed E-state index contributed by atoms with van der Waals surface area (Å²) in [6.07, 6.45) is 0. The van der Waals surface area contributed by atoms with Gasteiger partial charge in [0, 0.05) is 48.4 Å². The molecule has 8 N–H and O–H groups in total. The van der Waals surface area contributed by atoms with Crippen molar-refractivity contribution in [3.05, 3.63) is 93.6 Å². The zero-order chi connectivity index (χ0) is 45.9. The Bertz CT molecular complexity index is 1980. The normalized spacial score (nSPS) is 10.8. The van der Waals surface area contributed by atoms with Gasteiger partial charge >= 0.3 is 47.8 Å². The molecule has 1 aromatic carbocycles. The molecule has 0 radical (unpaired) electrons. The molecule has 3 aromatic rings. The first kappa shape index (κ1) is 48.6. The number of hydrogen-bond acceptors (Lipinski definition) is 14. The molecule has 0 atom stereocenters. The monoisotopic (exact) mass is 860 g/mol. The van der Waals surface area contributed by atoms with Crippen LogP contribution in [0.3, 0.4) is 0 Å². The van der Waals surface area contributed by atoms with Crippen molar-refractivity contribution in [3.8, 4) is 23.7 Å². The van der Waals surface area contributed by atoms with Crippen molar-refractivity contribution in [1.82, 2.24) is 29.6 Å². The lowest BCUT2D eigenvalue weighted by Crippen LogP contribution is -2.35. The summed E-state index contributed by atoms with van der Waals surface area (Å²) in [5.41, 5.74) is 2.31. The molecule has 2 aromatic heterocycles. The quantitative estimate of drug-likeness (QED) is 0.0509. The van der Waals surface area contributed by atoms with Crippen LogP contribution in [0.25, 0.3) is 0 Å². The van der Waals surface area contributed by atoms with E-state index in [9.17, 15) is 79.2 Å². The molecule has 0 spiro atoms. The van der Waals surface area contributed by atoms with Gasteiger partial charge in [0.2, 0.25) is 0 Å². The van der Waals surface area contributed by atoms with Gasteiger partial charge in [0.05, 0.1) is 75.1 Å². The van der Waals surface area contributed by atoms with Gasteiger partial charge in [-0.15, -0.1) is 0 Å². The molecule has 0 unspecified atom stereocenters. The van der Waals surface area contributed by atoms with Gasteiger partial charge < -0.3 is 40.9 Å². The zero-order valence-electron chi connectivity index (χ0n) is 32.6. The van der Waals surface area contributed by atoms with Crippen LogP contribution in [0.5, 0.6) is 0 Å². The van der Waals surface area contributed by atoms with Crippen molar-refractivity contribution in [1.29, 1.82) is 0 Å². The van der Waals surface area contributed by atoms with Gasteiger partial charge in [0.1, 0.15) is 0 Å². The average molecular weight is 861 g/mol. The molecule has 0 aliphatic heterocycles. The predicted octanol–water partition coefficient (Wildman–Crippen LogP) is -0.839. The average Bonchev–Trinajstić information content (AvgIpc) is 3.11. The Morgan fingerprint density at radius 2 is 0.516 bits per heavy atom. The summed E-state index contributed by atoms with van der Waals surface area (Å²) < 4.78 is 0. The van der Waals surface area contributed by atoms with Crippen LogP contribution in [0.15, 0.2) is 48.5 Å². The molecule has 2 heterocycles. The minimum atomic E-state index is -1.30. The second-order valence-electron chi connectivity index (χ2n) is 13.5. The maximum atomic E-state index is 11.4. The fraction of sp³-hybridized carbons (Fsp3) is 0.300. The summed E-state index contributed by atoms with van der Waals surface area (Å²) in [6.45, 7) is -6.13. The fourth-order valence-electron chi connectivity index (χ4n) is 5.81. The van der Waals surface area contributed by atoms with Crippen LogP contribution in [0.4, 0.5) is 0 Å². The van der Waals surface area contributed by atoms with Gasteiger partial charge in [-0.2, -0.15) is 0 Å².